The first-order chi connectivity index (χ1) is 19.4. The molecule has 3 aliphatic rings. The van der Waals surface area contributed by atoms with E-state index in [2.05, 4.69) is 0 Å². The summed E-state index contributed by atoms with van der Waals surface area (Å²) in [5.74, 6) is -6.31. The van der Waals surface area contributed by atoms with Gasteiger partial charge in [-0.3, -0.25) is 14.4 Å². The van der Waals surface area contributed by atoms with Crippen LogP contribution in [0.5, 0.6) is 5.75 Å². The van der Waals surface area contributed by atoms with Crippen LogP contribution in [0, 0.1) is 22.7 Å². The van der Waals surface area contributed by atoms with E-state index in [0.717, 1.165) is 18.6 Å². The predicted molar refractivity (Wildman–Crippen MR) is 155 cm³/mol. The van der Waals surface area contributed by atoms with Crippen molar-refractivity contribution in [1.82, 2.24) is 0 Å². The maximum Gasteiger partial charge on any atom is 0.330 e. The van der Waals surface area contributed by atoms with E-state index in [0.29, 0.717) is 5.56 Å². The number of fused-ring (bicyclic) bond motifs is 3. The van der Waals surface area contributed by atoms with Gasteiger partial charge >= 0.3 is 5.97 Å². The van der Waals surface area contributed by atoms with E-state index in [9.17, 15) is 39.6 Å². The molecule has 1 aromatic rings. The monoisotopic (exact) mass is 580 g/mol. The molecule has 0 radical (unpaired) electrons. The zero-order chi connectivity index (χ0) is 31.7. The molecule has 226 valence electrons. The minimum atomic E-state index is -2.67. The fourth-order valence-electron chi connectivity index (χ4n) is 7.84. The highest BCUT2D eigenvalue weighted by Gasteiger charge is 2.71. The molecule has 4 atom stereocenters. The molecule has 0 aromatic heterocycles. The molecular weight excluding hydrogens is 540 g/mol. The lowest BCUT2D eigenvalue weighted by atomic mass is 9.44. The Balaban J connectivity index is 2.04. The van der Waals surface area contributed by atoms with Crippen molar-refractivity contribution >= 4 is 29.4 Å². The Hall–Kier alpha value is -3.72. The van der Waals surface area contributed by atoms with Crippen LogP contribution in [0.4, 0.5) is 0 Å². The van der Waals surface area contributed by atoms with Crippen molar-refractivity contribution in [2.75, 3.05) is 6.61 Å². The highest BCUT2D eigenvalue weighted by molar-refractivity contribution is 6.25. The van der Waals surface area contributed by atoms with Crippen LogP contribution in [-0.4, -0.2) is 56.0 Å². The van der Waals surface area contributed by atoms with Crippen molar-refractivity contribution in [3.05, 3.63) is 57.1 Å². The molecule has 1 unspecified atom stereocenters. The van der Waals surface area contributed by atoms with Gasteiger partial charge in [0, 0.05) is 34.0 Å². The summed E-state index contributed by atoms with van der Waals surface area (Å²) < 4.78 is 4.93. The quantitative estimate of drug-likeness (QED) is 0.205. The maximum atomic E-state index is 14.3. The Bertz CT molecular complexity index is 1510. The third-order valence-electron chi connectivity index (χ3n) is 9.38. The van der Waals surface area contributed by atoms with Crippen LogP contribution >= 0.6 is 0 Å². The normalized spacial score (nSPS) is 29.3. The molecule has 0 bridgehead atoms. The minimum Gasteiger partial charge on any atom is -0.511 e. The minimum absolute atomic E-state index is 0.0215. The average Bonchev–Trinajstić information content (AvgIpc) is 2.85. The fourth-order valence-corrected chi connectivity index (χ4v) is 7.84. The van der Waals surface area contributed by atoms with E-state index >= 15 is 0 Å². The number of phenols is 1. The molecule has 0 aliphatic heterocycles. The van der Waals surface area contributed by atoms with Gasteiger partial charge in [-0.2, -0.15) is 0 Å². The van der Waals surface area contributed by atoms with Gasteiger partial charge in [0.2, 0.25) is 5.78 Å². The van der Waals surface area contributed by atoms with E-state index in [1.165, 1.54) is 6.08 Å². The first-order valence-electron chi connectivity index (χ1n) is 14.3. The summed E-state index contributed by atoms with van der Waals surface area (Å²) in [5, 5.41) is 46.6. The van der Waals surface area contributed by atoms with E-state index in [4.69, 9.17) is 4.74 Å². The van der Waals surface area contributed by atoms with Crippen molar-refractivity contribution in [3.8, 4) is 5.75 Å². The number of carbonyl (C=O) groups is 4. The molecule has 0 saturated heterocycles. The number of esters is 1. The molecule has 1 aromatic carbocycles. The van der Waals surface area contributed by atoms with Crippen LogP contribution in [0.3, 0.4) is 0 Å². The summed E-state index contributed by atoms with van der Waals surface area (Å²) in [6, 6.07) is 1.72. The number of aliphatic hydroxyl groups excluding tert-OH is 2. The maximum absolute atomic E-state index is 14.3. The Labute approximate surface area is 245 Å². The smallest absolute Gasteiger partial charge is 0.330 e. The van der Waals surface area contributed by atoms with E-state index in [1.54, 1.807) is 40.7 Å². The Kier molecular flexibility index (Phi) is 7.60. The zero-order valence-corrected chi connectivity index (χ0v) is 25.4. The largest absolute Gasteiger partial charge is 0.511 e. The van der Waals surface area contributed by atoms with Crippen molar-refractivity contribution < 1.29 is 44.3 Å². The number of carbonyl (C=O) groups excluding carboxylic acids is 4. The predicted octanol–water partition coefficient (Wildman–Crippen LogP) is 5.05. The van der Waals surface area contributed by atoms with Crippen molar-refractivity contribution in [3.63, 3.8) is 0 Å². The summed E-state index contributed by atoms with van der Waals surface area (Å²) >= 11 is 0. The van der Waals surface area contributed by atoms with Gasteiger partial charge in [0.1, 0.15) is 22.8 Å². The van der Waals surface area contributed by atoms with Crippen molar-refractivity contribution in [2.45, 2.75) is 79.8 Å². The number of rotatable bonds is 6. The second-order valence-corrected chi connectivity index (χ2v) is 13.0. The van der Waals surface area contributed by atoms with Gasteiger partial charge in [-0.15, -0.1) is 0 Å². The summed E-state index contributed by atoms with van der Waals surface area (Å²) in [6.07, 6.45) is 2.70. The first-order valence-corrected chi connectivity index (χ1v) is 14.3. The lowest BCUT2D eigenvalue weighted by Gasteiger charge is -2.59. The molecule has 0 heterocycles. The number of aromatic hydroxyl groups is 1. The lowest BCUT2D eigenvalue weighted by molar-refractivity contribution is -0.171. The Morgan fingerprint density at radius 3 is 2.26 bits per heavy atom. The van der Waals surface area contributed by atoms with E-state index in [1.807, 2.05) is 13.8 Å². The van der Waals surface area contributed by atoms with Crippen LogP contribution in [0.1, 0.15) is 94.8 Å². The molecule has 9 nitrogen and oxygen atoms in total. The number of ether oxygens (including phenoxy) is 1. The summed E-state index contributed by atoms with van der Waals surface area (Å²) in [6.45, 7) is 13.7. The molecule has 42 heavy (non-hydrogen) atoms. The molecule has 9 heteroatoms. The molecular formula is C33H40O9. The Morgan fingerprint density at radius 1 is 1.12 bits per heavy atom. The Morgan fingerprint density at radius 2 is 1.74 bits per heavy atom. The zero-order valence-electron chi connectivity index (χ0n) is 25.4. The molecule has 0 fully saturated rings. The number of hydrogen-bond acceptors (Lipinski definition) is 9. The first kappa shape index (κ1) is 31.2. The third-order valence-corrected chi connectivity index (χ3v) is 9.38. The van der Waals surface area contributed by atoms with Crippen molar-refractivity contribution in [2.24, 2.45) is 22.7 Å². The van der Waals surface area contributed by atoms with Crippen LogP contribution in [0.2, 0.25) is 0 Å². The second kappa shape index (κ2) is 10.2. The number of Topliss-reactive ketones (excluding diaryl/α,β-unsaturated/α-hetero) is 3. The van der Waals surface area contributed by atoms with Crippen LogP contribution in [0.25, 0.3) is 6.08 Å². The summed E-state index contributed by atoms with van der Waals surface area (Å²) in [7, 11) is 0. The third kappa shape index (κ3) is 4.15. The van der Waals surface area contributed by atoms with Crippen LogP contribution in [-0.2, 0) is 25.5 Å². The highest BCUT2D eigenvalue weighted by atomic mass is 16.5. The average molecular weight is 581 g/mol. The number of aliphatic hydroxyl groups is 3. The van der Waals surface area contributed by atoms with Gasteiger partial charge in [-0.25, -0.2) is 4.79 Å². The van der Waals surface area contributed by atoms with Gasteiger partial charge in [0.25, 0.3) is 0 Å². The molecule has 4 N–H and O–H groups in total. The number of allylic oxidation sites excluding steroid dienone is 2. The number of phenolic OH excluding ortho intramolecular Hbond substituents is 1. The molecule has 3 aliphatic carbocycles. The lowest BCUT2D eigenvalue weighted by Crippen LogP contribution is -2.67. The number of benzene rings is 1. The number of hydrogen-bond donors (Lipinski definition) is 4. The molecule has 0 spiro atoms. The van der Waals surface area contributed by atoms with E-state index in [-0.39, 0.29) is 48.0 Å². The van der Waals surface area contributed by atoms with Crippen LogP contribution in [0.15, 0.2) is 34.8 Å². The topological polar surface area (TPSA) is 158 Å². The highest BCUT2D eigenvalue weighted by Crippen LogP contribution is 2.65. The molecule has 0 amide bonds. The van der Waals surface area contributed by atoms with E-state index < -0.39 is 68.5 Å². The summed E-state index contributed by atoms with van der Waals surface area (Å²) in [4.78, 5) is 52.7. The van der Waals surface area contributed by atoms with Gasteiger partial charge in [-0.1, -0.05) is 41.5 Å². The molecule has 4 rings (SSSR count). The van der Waals surface area contributed by atoms with Gasteiger partial charge in [0.05, 0.1) is 12.2 Å². The molecule has 0 saturated carbocycles. The van der Waals surface area contributed by atoms with Gasteiger partial charge < -0.3 is 25.2 Å². The fraction of sp³-hybridized carbons (Fsp3) is 0.515. The van der Waals surface area contributed by atoms with Crippen molar-refractivity contribution in [1.29, 1.82) is 0 Å². The number of ketones is 3. The second-order valence-electron chi connectivity index (χ2n) is 13.0. The van der Waals surface area contributed by atoms with Gasteiger partial charge in [-0.05, 0) is 61.8 Å². The SMILES string of the molecule is CCOC(=O)/C=C/c1cc(C(C)C)c2c(c1O)C(=O)C1=C(O)[C@@]3(O)C(=O)C(C(C)=O)=C(O)C(C(C)C)[C@@]3(C)C[C@@]1(C)C2. The van der Waals surface area contributed by atoms with Gasteiger partial charge in [0.15, 0.2) is 17.2 Å². The van der Waals surface area contributed by atoms with Crippen LogP contribution < -0.4 is 0 Å². The summed E-state index contributed by atoms with van der Waals surface area (Å²) in [5.41, 5.74) is -4.62. The standard InChI is InChI=1S/C33H40O9/c1-9-42-21(35)11-10-18-12-19(15(2)3)20-13-31(7)14-32(8)24(16(4)5)27(37)22(17(6)34)29(39)33(32,41)30(40)25(31)28(38)23(20)26(18)36/h10-12,15-16,24,36-37,40-41H,9,13-14H2,1-8H3/b11-10+/t24?,31-,32-,33+/m1/s1.